The number of carbonyl (C=O) groups excluding carboxylic acids is 1. The molecule has 6 heteroatoms. The Hall–Kier alpha value is -2.31. The highest BCUT2D eigenvalue weighted by molar-refractivity contribution is 6.75. The molecule has 1 aliphatic heterocycles. The lowest BCUT2D eigenvalue weighted by atomic mass is 10.1. The number of benzene rings is 2. The van der Waals surface area contributed by atoms with Crippen molar-refractivity contribution in [1.29, 1.82) is 0 Å². The van der Waals surface area contributed by atoms with Crippen molar-refractivity contribution >= 4 is 28.3 Å². The first-order valence-corrected chi connectivity index (χ1v) is 19.0. The molecule has 1 amide bonds. The van der Waals surface area contributed by atoms with E-state index in [9.17, 15) is 4.79 Å². The Morgan fingerprint density at radius 3 is 1.68 bits per heavy atom. The fourth-order valence-electron chi connectivity index (χ4n) is 3.64. The molecule has 3 rings (SSSR count). The van der Waals surface area contributed by atoms with Gasteiger partial charge in [-0.25, -0.2) is 4.79 Å². The van der Waals surface area contributed by atoms with Gasteiger partial charge in [-0.3, -0.25) is 0 Å². The Bertz CT molecular complexity index is 1190. The zero-order chi connectivity index (χ0) is 27.6. The second-order valence-corrected chi connectivity index (χ2v) is 22.5. The van der Waals surface area contributed by atoms with Gasteiger partial charge in [-0.15, -0.1) is 4.58 Å². The summed E-state index contributed by atoms with van der Waals surface area (Å²) in [6.07, 6.45) is -1.25. The van der Waals surface area contributed by atoms with Gasteiger partial charge in [0.25, 0.3) is 5.71 Å². The summed E-state index contributed by atoms with van der Waals surface area (Å²) in [5, 5.41) is -0.0695. The predicted octanol–water partition coefficient (Wildman–Crippen LogP) is 7.01. The van der Waals surface area contributed by atoms with E-state index in [2.05, 4.69) is 79.6 Å². The average molecular weight is 535 g/mol. The van der Waals surface area contributed by atoms with E-state index in [0.717, 1.165) is 11.1 Å². The van der Waals surface area contributed by atoms with Crippen LogP contribution in [0.5, 0.6) is 0 Å². The minimum absolute atomic E-state index is 0.0254. The number of amides is 1. The van der Waals surface area contributed by atoms with Gasteiger partial charge in [0.1, 0.15) is 0 Å². The normalized spacial score (nSPS) is 19.1. The van der Waals surface area contributed by atoms with E-state index in [1.807, 2.05) is 60.7 Å². The number of hydrogen-bond donors (Lipinski definition) is 0. The van der Waals surface area contributed by atoms with Crippen molar-refractivity contribution in [2.45, 2.75) is 96.6 Å². The molecule has 0 N–H and O–H groups in total. The number of rotatable bonds is 6. The Morgan fingerprint density at radius 1 is 0.730 bits per heavy atom. The molecule has 0 aliphatic carbocycles. The van der Waals surface area contributed by atoms with Crippen molar-refractivity contribution in [1.82, 2.24) is 0 Å². The summed E-state index contributed by atoms with van der Waals surface area (Å²) in [5.74, 6) is 6.62. The molecular weight excluding hydrogens is 491 g/mol. The summed E-state index contributed by atoms with van der Waals surface area (Å²) in [7, 11) is -4.55. The molecule has 2 atom stereocenters. The fraction of sp³-hybridized carbons (Fsp3) is 0.484. The lowest BCUT2D eigenvalue weighted by molar-refractivity contribution is -0.461. The number of nitrogens with zero attached hydrogens (tertiary/aromatic N) is 1. The molecule has 4 nitrogen and oxygen atoms in total. The lowest BCUT2D eigenvalue weighted by Crippen LogP contribution is -2.53. The molecule has 0 aromatic heterocycles. The van der Waals surface area contributed by atoms with Gasteiger partial charge in [0.05, 0.1) is 0 Å². The smallest absolute Gasteiger partial charge is 0.401 e. The summed E-state index contributed by atoms with van der Waals surface area (Å²) in [4.78, 5) is 14.2. The molecule has 0 fully saturated rings. The van der Waals surface area contributed by atoms with Crippen LogP contribution in [-0.4, -0.2) is 45.0 Å². The zero-order valence-electron chi connectivity index (χ0n) is 24.3. The minimum Gasteiger partial charge on any atom is -0.401 e. The Labute approximate surface area is 226 Å². The van der Waals surface area contributed by atoms with Gasteiger partial charge in [-0.1, -0.05) is 96.0 Å². The van der Waals surface area contributed by atoms with Crippen molar-refractivity contribution in [2.24, 2.45) is 0 Å². The predicted molar refractivity (Wildman–Crippen MR) is 158 cm³/mol. The van der Waals surface area contributed by atoms with Gasteiger partial charge in [0, 0.05) is 17.0 Å². The van der Waals surface area contributed by atoms with Crippen LogP contribution in [0.3, 0.4) is 0 Å². The van der Waals surface area contributed by atoms with E-state index < -0.39 is 28.8 Å². The van der Waals surface area contributed by atoms with Gasteiger partial charge < -0.3 is 8.85 Å². The molecule has 2 aromatic rings. The van der Waals surface area contributed by atoms with E-state index in [0.29, 0.717) is 12.3 Å². The molecule has 0 saturated heterocycles. The first kappa shape index (κ1) is 29.3. The molecule has 198 valence electrons. The van der Waals surface area contributed by atoms with E-state index in [1.165, 1.54) is 0 Å². The van der Waals surface area contributed by atoms with E-state index in [-0.39, 0.29) is 16.0 Å². The van der Waals surface area contributed by atoms with Crippen molar-refractivity contribution < 1.29 is 18.2 Å². The average Bonchev–Trinajstić information content (AvgIpc) is 3.02. The van der Waals surface area contributed by atoms with Crippen LogP contribution in [0.1, 0.15) is 52.7 Å². The summed E-state index contributed by atoms with van der Waals surface area (Å²) < 4.78 is 15.7. The molecule has 1 heterocycles. The topological polar surface area (TPSA) is 38.5 Å². The van der Waals surface area contributed by atoms with E-state index >= 15 is 0 Å². The Morgan fingerprint density at radius 2 is 1.19 bits per heavy atom. The van der Waals surface area contributed by atoms with Gasteiger partial charge in [-0.2, -0.15) is 0 Å². The summed E-state index contributed by atoms with van der Waals surface area (Å²) in [5.41, 5.74) is 2.65. The summed E-state index contributed by atoms with van der Waals surface area (Å²) >= 11 is 0. The van der Waals surface area contributed by atoms with Crippen LogP contribution < -0.4 is 0 Å². The van der Waals surface area contributed by atoms with Crippen LogP contribution in [0.4, 0.5) is 0 Å². The zero-order valence-corrected chi connectivity index (χ0v) is 26.3. The molecule has 1 aliphatic rings. The molecule has 0 radical (unpaired) electrons. The van der Waals surface area contributed by atoms with Crippen LogP contribution in [0.2, 0.25) is 36.3 Å². The molecule has 2 aromatic carbocycles. The highest BCUT2D eigenvalue weighted by atomic mass is 28.4. The molecular formula is C31H44NO3Si2+. The van der Waals surface area contributed by atoms with Gasteiger partial charge in [0.2, 0.25) is 6.10 Å². The van der Waals surface area contributed by atoms with E-state index in [1.54, 1.807) is 4.58 Å². The number of carbonyl (C=O) groups is 1. The van der Waals surface area contributed by atoms with Gasteiger partial charge >= 0.3 is 5.91 Å². The SMILES string of the molecule is CC(C)(C)[Si](C)(C)O[C@H]1C(=O)[N+](Cc2ccccc2)=C(C#Cc2ccccc2)[C@@H]1O[Si](C)(C)C(C)(C)C. The maximum absolute atomic E-state index is 14.2. The second kappa shape index (κ2) is 10.8. The third-order valence-corrected chi connectivity index (χ3v) is 17.0. The Balaban J connectivity index is 2.18. The minimum atomic E-state index is -2.29. The monoisotopic (exact) mass is 534 g/mol. The van der Waals surface area contributed by atoms with Crippen molar-refractivity contribution in [3.05, 3.63) is 71.8 Å². The third-order valence-electron chi connectivity index (χ3n) is 8.09. The fourth-order valence-corrected chi connectivity index (χ4v) is 6.08. The molecule has 0 saturated carbocycles. The van der Waals surface area contributed by atoms with Crippen LogP contribution in [0.25, 0.3) is 0 Å². The maximum atomic E-state index is 14.2. The Kier molecular flexibility index (Phi) is 8.55. The van der Waals surface area contributed by atoms with Gasteiger partial charge in [0.15, 0.2) is 29.3 Å². The summed E-state index contributed by atoms with van der Waals surface area (Å²) in [6, 6.07) is 20.0. The van der Waals surface area contributed by atoms with E-state index in [4.69, 9.17) is 8.85 Å². The van der Waals surface area contributed by atoms with Crippen LogP contribution in [0.15, 0.2) is 60.7 Å². The lowest BCUT2D eigenvalue weighted by Gasteiger charge is -2.41. The third kappa shape index (κ3) is 6.77. The molecule has 0 spiro atoms. The van der Waals surface area contributed by atoms with Crippen molar-refractivity contribution in [3.8, 4) is 11.8 Å². The molecule has 0 unspecified atom stereocenters. The first-order valence-electron chi connectivity index (χ1n) is 13.2. The largest absolute Gasteiger partial charge is 0.419 e. The molecule has 0 bridgehead atoms. The molecule has 37 heavy (non-hydrogen) atoms. The van der Waals surface area contributed by atoms with Crippen LogP contribution >= 0.6 is 0 Å². The van der Waals surface area contributed by atoms with Crippen molar-refractivity contribution in [3.63, 3.8) is 0 Å². The highest BCUT2D eigenvalue weighted by Gasteiger charge is 2.57. The summed E-state index contributed by atoms with van der Waals surface area (Å²) in [6.45, 7) is 22.5. The second-order valence-electron chi connectivity index (χ2n) is 13.0. The first-order chi connectivity index (χ1) is 17.0. The standard InChI is InChI=1S/C31H44NO3Si2/c1-30(2,3)36(7,8)34-27-26(22-21-24-17-13-11-14-18-24)32(23-25-19-15-12-16-20-25)29(33)28(27)35-37(9,10)31(4,5)6/h11-20,27-28H,23H2,1-10H3/q+1/t27-,28+/m0/s1. The van der Waals surface area contributed by atoms with Crippen LogP contribution in [0, 0.1) is 11.8 Å². The maximum Gasteiger partial charge on any atom is 0.419 e. The van der Waals surface area contributed by atoms with Crippen LogP contribution in [-0.2, 0) is 20.2 Å². The van der Waals surface area contributed by atoms with Gasteiger partial charge in [-0.05, 0) is 48.4 Å². The van der Waals surface area contributed by atoms with Crippen molar-refractivity contribution in [2.75, 3.05) is 0 Å². The quantitative estimate of drug-likeness (QED) is 0.227. The highest BCUT2D eigenvalue weighted by Crippen LogP contribution is 2.41. The number of hydrogen-bond acceptors (Lipinski definition) is 3.